The van der Waals surface area contributed by atoms with Gasteiger partial charge in [0.05, 0.1) is 19.8 Å². The van der Waals surface area contributed by atoms with Gasteiger partial charge in [0, 0.05) is 27.7 Å². The number of nitrogens with zero attached hydrogens (tertiary/aromatic N) is 3. The van der Waals surface area contributed by atoms with Crippen molar-refractivity contribution < 1.29 is 14.3 Å². The van der Waals surface area contributed by atoms with E-state index in [9.17, 15) is 4.79 Å². The molecule has 0 saturated heterocycles. The maximum absolute atomic E-state index is 13.7. The Morgan fingerprint density at radius 1 is 1.08 bits per heavy atom. The highest BCUT2D eigenvalue weighted by molar-refractivity contribution is 7.98. The largest absolute Gasteiger partial charge is 0.497 e. The van der Waals surface area contributed by atoms with E-state index < -0.39 is 6.04 Å². The Bertz CT molecular complexity index is 1510. The lowest BCUT2D eigenvalue weighted by molar-refractivity contribution is -0.113. The summed E-state index contributed by atoms with van der Waals surface area (Å²) in [6.45, 7) is 1.86. The molecule has 8 nitrogen and oxygen atoms in total. The average Bonchev–Trinajstić information content (AvgIpc) is 3.34. The molecule has 3 aromatic carbocycles. The number of rotatable bonds is 8. The van der Waals surface area contributed by atoms with Crippen LogP contribution in [0.1, 0.15) is 24.1 Å². The number of carbonyl (C=O) groups excluding carboxylic acids is 1. The molecule has 5 rings (SSSR count). The highest BCUT2D eigenvalue weighted by Gasteiger charge is 2.36. The van der Waals surface area contributed by atoms with Crippen LogP contribution in [0.5, 0.6) is 11.5 Å². The van der Waals surface area contributed by atoms with Gasteiger partial charge in [-0.15, -0.1) is 5.10 Å². The number of hydrogen-bond donors (Lipinski definition) is 2. The molecule has 1 aliphatic heterocycles. The lowest BCUT2D eigenvalue weighted by atomic mass is 9.94. The zero-order valence-corrected chi connectivity index (χ0v) is 22.6. The van der Waals surface area contributed by atoms with Crippen LogP contribution >= 0.6 is 23.4 Å². The van der Waals surface area contributed by atoms with Gasteiger partial charge in [0.15, 0.2) is 0 Å². The summed E-state index contributed by atoms with van der Waals surface area (Å²) in [5.74, 6) is 2.10. The van der Waals surface area contributed by atoms with Gasteiger partial charge in [-0.1, -0.05) is 59.8 Å². The van der Waals surface area contributed by atoms with Gasteiger partial charge in [0.2, 0.25) is 11.1 Å². The molecule has 1 aromatic heterocycles. The number of thioether (sulfide) groups is 1. The Morgan fingerprint density at radius 2 is 1.84 bits per heavy atom. The molecule has 4 aromatic rings. The Morgan fingerprint density at radius 3 is 2.58 bits per heavy atom. The number of halogens is 1. The van der Waals surface area contributed by atoms with E-state index in [-0.39, 0.29) is 5.91 Å². The van der Waals surface area contributed by atoms with E-state index in [1.807, 2.05) is 79.7 Å². The minimum absolute atomic E-state index is 0.262. The number of benzene rings is 3. The van der Waals surface area contributed by atoms with Crippen molar-refractivity contribution >= 4 is 40.9 Å². The predicted octanol–water partition coefficient (Wildman–Crippen LogP) is 6.17. The fraction of sp³-hybridized carbons (Fsp3) is 0.179. The van der Waals surface area contributed by atoms with Crippen molar-refractivity contribution in [2.24, 2.45) is 0 Å². The highest BCUT2D eigenvalue weighted by Crippen LogP contribution is 2.41. The molecule has 1 unspecified atom stereocenters. The fourth-order valence-electron chi connectivity index (χ4n) is 4.30. The van der Waals surface area contributed by atoms with Crippen molar-refractivity contribution in [1.82, 2.24) is 14.8 Å². The number of ether oxygens (including phenoxy) is 2. The number of amides is 1. The van der Waals surface area contributed by atoms with E-state index in [0.29, 0.717) is 50.3 Å². The average molecular weight is 548 g/mol. The van der Waals surface area contributed by atoms with Crippen molar-refractivity contribution in [3.63, 3.8) is 0 Å². The Balaban J connectivity index is 1.56. The third kappa shape index (κ3) is 5.20. The molecule has 194 valence electrons. The number of fused-ring (bicyclic) bond motifs is 1. The number of hydrogen-bond acceptors (Lipinski definition) is 7. The van der Waals surface area contributed by atoms with Crippen LogP contribution in [-0.2, 0) is 10.5 Å². The molecule has 2 heterocycles. The molecule has 0 saturated carbocycles. The van der Waals surface area contributed by atoms with Crippen molar-refractivity contribution in [3.8, 4) is 11.5 Å². The van der Waals surface area contributed by atoms with Crippen LogP contribution in [0, 0.1) is 0 Å². The zero-order chi connectivity index (χ0) is 26.6. The van der Waals surface area contributed by atoms with Crippen molar-refractivity contribution in [2.45, 2.75) is 23.9 Å². The number of carbonyl (C=O) groups is 1. The fourth-order valence-corrected chi connectivity index (χ4v) is 5.42. The summed E-state index contributed by atoms with van der Waals surface area (Å²) in [5, 5.41) is 12.3. The van der Waals surface area contributed by atoms with Gasteiger partial charge < -0.3 is 20.1 Å². The summed E-state index contributed by atoms with van der Waals surface area (Å²) in [4.78, 5) is 18.4. The topological polar surface area (TPSA) is 90.3 Å². The van der Waals surface area contributed by atoms with Gasteiger partial charge in [-0.25, -0.2) is 4.68 Å². The van der Waals surface area contributed by atoms with Crippen molar-refractivity contribution in [3.05, 3.63) is 100 Å². The lowest BCUT2D eigenvalue weighted by Crippen LogP contribution is -2.31. The third-order valence-corrected chi connectivity index (χ3v) is 7.41. The molecule has 0 spiro atoms. The summed E-state index contributed by atoms with van der Waals surface area (Å²) in [5.41, 5.74) is 3.55. The van der Waals surface area contributed by atoms with Crippen LogP contribution in [0.3, 0.4) is 0 Å². The molecule has 0 aliphatic carbocycles. The van der Waals surface area contributed by atoms with E-state index >= 15 is 0 Å². The van der Waals surface area contributed by atoms with E-state index in [0.717, 1.165) is 11.1 Å². The number of nitrogens with one attached hydrogen (secondary N) is 2. The number of para-hydroxylation sites is 1. The standard InChI is InChI=1S/C28H26ClN5O3S/c1-17-24(26(35)31-19-10-5-4-6-11-19)25(21-15-20(36-2)13-14-23(21)37-3)34-27(30-17)32-28(33-34)38-16-18-9-7-8-12-22(18)29/h4-15,25H,16H2,1-3H3,(H,31,35)(H,30,32,33). The quantitative estimate of drug-likeness (QED) is 0.255. The lowest BCUT2D eigenvalue weighted by Gasteiger charge is -2.29. The van der Waals surface area contributed by atoms with Crippen LogP contribution in [-0.4, -0.2) is 34.9 Å². The van der Waals surface area contributed by atoms with E-state index in [1.165, 1.54) is 11.8 Å². The Kier molecular flexibility index (Phi) is 7.57. The van der Waals surface area contributed by atoms with Gasteiger partial charge in [-0.2, -0.15) is 4.98 Å². The molecule has 1 aliphatic rings. The molecule has 0 bridgehead atoms. The molecule has 2 N–H and O–H groups in total. The van der Waals surface area contributed by atoms with Crippen LogP contribution in [0.2, 0.25) is 5.02 Å². The number of aromatic nitrogens is 3. The smallest absolute Gasteiger partial charge is 0.255 e. The first kappa shape index (κ1) is 25.7. The second-order valence-corrected chi connectivity index (χ2v) is 9.89. The van der Waals surface area contributed by atoms with Gasteiger partial charge in [0.25, 0.3) is 5.91 Å². The van der Waals surface area contributed by atoms with E-state index in [4.69, 9.17) is 31.2 Å². The Labute approximate surface area is 230 Å². The van der Waals surface area contributed by atoms with Crippen molar-refractivity contribution in [1.29, 1.82) is 0 Å². The van der Waals surface area contributed by atoms with Gasteiger partial charge in [-0.05, 0) is 48.9 Å². The molecular formula is C28H26ClN5O3S. The second-order valence-electron chi connectivity index (χ2n) is 8.54. The van der Waals surface area contributed by atoms with Crippen molar-refractivity contribution in [2.75, 3.05) is 24.9 Å². The molecule has 10 heteroatoms. The van der Waals surface area contributed by atoms with Crippen LogP contribution in [0.15, 0.2) is 89.2 Å². The summed E-state index contributed by atoms with van der Waals surface area (Å²) >= 11 is 7.81. The Hall–Kier alpha value is -3.95. The van der Waals surface area contributed by atoms with E-state index in [1.54, 1.807) is 18.9 Å². The highest BCUT2D eigenvalue weighted by atomic mass is 35.5. The second kappa shape index (κ2) is 11.2. The predicted molar refractivity (Wildman–Crippen MR) is 150 cm³/mol. The summed E-state index contributed by atoms with van der Waals surface area (Å²) in [6, 6.07) is 21.9. The minimum Gasteiger partial charge on any atom is -0.497 e. The van der Waals surface area contributed by atoms with Gasteiger partial charge >= 0.3 is 0 Å². The van der Waals surface area contributed by atoms with Crippen LogP contribution in [0.25, 0.3) is 0 Å². The number of methoxy groups -OCH3 is 2. The maximum atomic E-state index is 13.7. The number of allylic oxidation sites excluding steroid dienone is 1. The molecule has 38 heavy (non-hydrogen) atoms. The number of anilines is 2. The van der Waals surface area contributed by atoms with Gasteiger partial charge in [0.1, 0.15) is 17.5 Å². The third-order valence-electron chi connectivity index (χ3n) is 6.16. The first-order chi connectivity index (χ1) is 18.5. The maximum Gasteiger partial charge on any atom is 0.255 e. The summed E-state index contributed by atoms with van der Waals surface area (Å²) < 4.78 is 12.9. The van der Waals surface area contributed by atoms with Crippen LogP contribution < -0.4 is 20.1 Å². The van der Waals surface area contributed by atoms with E-state index in [2.05, 4.69) is 10.6 Å². The first-order valence-electron chi connectivity index (χ1n) is 11.9. The zero-order valence-electron chi connectivity index (χ0n) is 21.1. The molecule has 1 amide bonds. The molecule has 0 fully saturated rings. The van der Waals surface area contributed by atoms with Gasteiger partial charge in [-0.3, -0.25) is 4.79 Å². The first-order valence-corrected chi connectivity index (χ1v) is 13.2. The molecular weight excluding hydrogens is 522 g/mol. The minimum atomic E-state index is -0.623. The molecule has 1 atom stereocenters. The summed E-state index contributed by atoms with van der Waals surface area (Å²) in [7, 11) is 3.20. The van der Waals surface area contributed by atoms with Crippen LogP contribution in [0.4, 0.5) is 11.6 Å². The SMILES string of the molecule is COc1ccc(OC)c(C2C(C(=O)Nc3ccccc3)=C(C)Nc3nc(SCc4ccccc4Cl)nn32)c1. The summed E-state index contributed by atoms with van der Waals surface area (Å²) in [6.07, 6.45) is 0. The normalized spacial score (nSPS) is 14.5. The monoisotopic (exact) mass is 547 g/mol. The molecule has 0 radical (unpaired) electrons.